The van der Waals surface area contributed by atoms with Gasteiger partial charge in [-0.2, -0.15) is 16.8 Å². The SMILES string of the molecule is CS(=O)(=O)O.CS(=O)(=O)O.N=C(N)c1ccc2cc(-c3cc(N)ccc3C(=O)O)ccc2c1. The van der Waals surface area contributed by atoms with E-state index in [1.54, 1.807) is 18.2 Å². The van der Waals surface area contributed by atoms with Gasteiger partial charge in [0.1, 0.15) is 5.84 Å². The van der Waals surface area contributed by atoms with Crippen LogP contribution in [0.5, 0.6) is 0 Å². The molecule has 13 heteroatoms. The number of carbonyl (C=O) groups is 1. The van der Waals surface area contributed by atoms with Gasteiger partial charge >= 0.3 is 5.97 Å². The first kappa shape index (κ1) is 27.5. The molecule has 0 heterocycles. The van der Waals surface area contributed by atoms with E-state index < -0.39 is 26.2 Å². The molecule has 11 nitrogen and oxygen atoms in total. The molecule has 3 rings (SSSR count). The number of benzene rings is 3. The number of rotatable bonds is 3. The van der Waals surface area contributed by atoms with Crippen molar-refractivity contribution < 1.29 is 35.8 Å². The summed E-state index contributed by atoms with van der Waals surface area (Å²) in [5.41, 5.74) is 14.0. The third-order valence-electron chi connectivity index (χ3n) is 3.74. The molecule has 3 aromatic carbocycles. The van der Waals surface area contributed by atoms with Gasteiger partial charge in [-0.25, -0.2) is 4.79 Å². The number of hydrogen-bond donors (Lipinski definition) is 6. The van der Waals surface area contributed by atoms with Crippen molar-refractivity contribution in [2.75, 3.05) is 18.2 Å². The van der Waals surface area contributed by atoms with Crippen LogP contribution in [0.1, 0.15) is 15.9 Å². The lowest BCUT2D eigenvalue weighted by Crippen LogP contribution is -2.10. The number of anilines is 1. The first-order valence-electron chi connectivity index (χ1n) is 8.82. The first-order valence-corrected chi connectivity index (χ1v) is 12.5. The van der Waals surface area contributed by atoms with Gasteiger partial charge in [0.25, 0.3) is 20.2 Å². The molecular weight excluding hydrogens is 474 g/mol. The molecule has 8 N–H and O–H groups in total. The third-order valence-corrected chi connectivity index (χ3v) is 3.74. The number of nitrogen functional groups attached to an aromatic ring is 2. The molecule has 0 fully saturated rings. The average Bonchev–Trinajstić information content (AvgIpc) is 2.64. The Kier molecular flexibility index (Phi) is 9.06. The monoisotopic (exact) mass is 497 g/mol. The van der Waals surface area contributed by atoms with Crippen molar-refractivity contribution in [1.82, 2.24) is 0 Å². The highest BCUT2D eigenvalue weighted by Gasteiger charge is 2.12. The molecule has 0 radical (unpaired) electrons. The lowest BCUT2D eigenvalue weighted by atomic mass is 9.96. The topological polar surface area (TPSA) is 222 Å². The highest BCUT2D eigenvalue weighted by atomic mass is 32.2. The Balaban J connectivity index is 0.000000460. The van der Waals surface area contributed by atoms with Crippen molar-refractivity contribution in [2.45, 2.75) is 0 Å². The highest BCUT2D eigenvalue weighted by molar-refractivity contribution is 7.85. The summed E-state index contributed by atoms with van der Waals surface area (Å²) >= 11 is 0. The molecule has 0 bridgehead atoms. The van der Waals surface area contributed by atoms with E-state index in [2.05, 4.69) is 0 Å². The molecule has 0 amide bonds. The fraction of sp³-hybridized carbons (Fsp3) is 0.100. The van der Waals surface area contributed by atoms with Crippen molar-refractivity contribution >= 4 is 48.5 Å². The minimum absolute atomic E-state index is 0.0139. The maximum Gasteiger partial charge on any atom is 0.336 e. The van der Waals surface area contributed by atoms with Crippen LogP contribution >= 0.6 is 0 Å². The van der Waals surface area contributed by atoms with E-state index in [1.807, 2.05) is 30.3 Å². The smallest absolute Gasteiger partial charge is 0.336 e. The van der Waals surface area contributed by atoms with E-state index in [0.717, 1.165) is 16.3 Å². The molecule has 0 aliphatic heterocycles. The predicted molar refractivity (Wildman–Crippen MR) is 127 cm³/mol. The van der Waals surface area contributed by atoms with E-state index in [-0.39, 0.29) is 11.4 Å². The van der Waals surface area contributed by atoms with Crippen LogP contribution in [-0.4, -0.2) is 55.4 Å². The average molecular weight is 498 g/mol. The maximum atomic E-state index is 11.4. The van der Waals surface area contributed by atoms with Gasteiger partial charge in [0.05, 0.1) is 18.1 Å². The number of fused-ring (bicyclic) bond motifs is 1. The summed E-state index contributed by atoms with van der Waals surface area (Å²) in [6.45, 7) is 0. The minimum Gasteiger partial charge on any atom is -0.478 e. The molecule has 0 aliphatic rings. The Labute approximate surface area is 190 Å². The normalized spacial score (nSPS) is 10.9. The second-order valence-electron chi connectivity index (χ2n) is 6.77. The van der Waals surface area contributed by atoms with Crippen molar-refractivity contribution in [3.05, 3.63) is 65.7 Å². The standard InChI is InChI=1S/C18H15N3O2.2CH4O3S/c19-14-5-6-15(18(22)23)16(9-14)12-3-1-11-8-13(17(20)21)4-2-10(11)7-12;2*1-5(2,3)4/h1-9H,19H2,(H3,20,21)(H,22,23);2*1H3,(H,2,3,4). The summed E-state index contributed by atoms with van der Waals surface area (Å²) in [6, 6.07) is 15.8. The molecule has 0 atom stereocenters. The highest BCUT2D eigenvalue weighted by Crippen LogP contribution is 2.29. The Morgan fingerprint density at radius 3 is 1.82 bits per heavy atom. The van der Waals surface area contributed by atoms with E-state index >= 15 is 0 Å². The summed E-state index contributed by atoms with van der Waals surface area (Å²) in [7, 11) is -7.33. The second kappa shape index (κ2) is 10.9. The summed E-state index contributed by atoms with van der Waals surface area (Å²) in [5, 5.41) is 18.7. The molecule has 178 valence electrons. The van der Waals surface area contributed by atoms with Crippen LogP contribution < -0.4 is 11.5 Å². The number of amidine groups is 1. The van der Waals surface area contributed by atoms with Crippen LogP contribution in [0.2, 0.25) is 0 Å². The quantitative estimate of drug-likeness (QED) is 0.134. The zero-order valence-electron chi connectivity index (χ0n) is 17.6. The molecule has 3 aromatic rings. The molecule has 0 saturated heterocycles. The fourth-order valence-electron chi connectivity index (χ4n) is 2.57. The third kappa shape index (κ3) is 10.6. The fourth-order valence-corrected chi connectivity index (χ4v) is 2.57. The molecule has 0 saturated carbocycles. The van der Waals surface area contributed by atoms with Gasteiger partial charge in [0.15, 0.2) is 0 Å². The van der Waals surface area contributed by atoms with Crippen LogP contribution in [0.3, 0.4) is 0 Å². The number of aromatic carboxylic acids is 1. The van der Waals surface area contributed by atoms with Gasteiger partial charge in [-0.3, -0.25) is 14.5 Å². The van der Waals surface area contributed by atoms with Crippen LogP contribution in [0, 0.1) is 5.41 Å². The maximum absolute atomic E-state index is 11.4. The Morgan fingerprint density at radius 2 is 1.33 bits per heavy atom. The van der Waals surface area contributed by atoms with Crippen molar-refractivity contribution in [1.29, 1.82) is 5.41 Å². The van der Waals surface area contributed by atoms with Crippen LogP contribution in [0.4, 0.5) is 5.69 Å². The van der Waals surface area contributed by atoms with Gasteiger partial charge in [-0.05, 0) is 52.2 Å². The Bertz CT molecular complexity index is 1360. The summed E-state index contributed by atoms with van der Waals surface area (Å²) < 4.78 is 51.7. The van der Waals surface area contributed by atoms with Crippen LogP contribution in [0.25, 0.3) is 21.9 Å². The second-order valence-corrected chi connectivity index (χ2v) is 9.70. The van der Waals surface area contributed by atoms with Gasteiger partial charge in [0, 0.05) is 11.3 Å². The summed E-state index contributed by atoms with van der Waals surface area (Å²) in [6.07, 6.45) is 1.43. The van der Waals surface area contributed by atoms with E-state index in [4.69, 9.17) is 26.0 Å². The summed E-state index contributed by atoms with van der Waals surface area (Å²) in [4.78, 5) is 11.4. The van der Waals surface area contributed by atoms with E-state index in [9.17, 15) is 26.7 Å². The largest absolute Gasteiger partial charge is 0.478 e. The van der Waals surface area contributed by atoms with Gasteiger partial charge < -0.3 is 16.6 Å². The van der Waals surface area contributed by atoms with Crippen molar-refractivity contribution in [3.63, 3.8) is 0 Å². The number of nitrogens with one attached hydrogen (secondary N) is 1. The number of carboxylic acid groups (broad SMARTS) is 1. The van der Waals surface area contributed by atoms with E-state index in [0.29, 0.717) is 29.3 Å². The molecular formula is C20H23N3O8S2. The zero-order valence-corrected chi connectivity index (χ0v) is 19.2. The van der Waals surface area contributed by atoms with Gasteiger partial charge in [-0.15, -0.1) is 0 Å². The van der Waals surface area contributed by atoms with E-state index in [1.165, 1.54) is 6.07 Å². The number of hydrogen-bond acceptors (Lipinski definition) is 7. The lowest BCUT2D eigenvalue weighted by molar-refractivity contribution is 0.0697. The molecule has 0 spiro atoms. The molecule has 0 aromatic heterocycles. The van der Waals surface area contributed by atoms with Crippen LogP contribution in [0.15, 0.2) is 54.6 Å². The number of nitrogens with two attached hydrogens (primary N) is 2. The van der Waals surface area contributed by atoms with Crippen molar-refractivity contribution in [3.8, 4) is 11.1 Å². The molecule has 0 unspecified atom stereocenters. The Morgan fingerprint density at radius 1 is 0.848 bits per heavy atom. The van der Waals surface area contributed by atoms with Crippen molar-refractivity contribution in [2.24, 2.45) is 5.73 Å². The lowest BCUT2D eigenvalue weighted by Gasteiger charge is -2.09. The first-order chi connectivity index (χ1) is 15.0. The van der Waals surface area contributed by atoms with Crippen LogP contribution in [-0.2, 0) is 20.2 Å². The molecule has 0 aliphatic carbocycles. The number of carboxylic acids is 1. The predicted octanol–water partition coefficient (Wildman–Crippen LogP) is 2.08. The zero-order chi connectivity index (χ0) is 25.6. The minimum atomic E-state index is -3.67. The van der Waals surface area contributed by atoms with Gasteiger partial charge in [-0.1, -0.05) is 24.3 Å². The molecule has 33 heavy (non-hydrogen) atoms. The summed E-state index contributed by atoms with van der Waals surface area (Å²) in [5.74, 6) is -0.980. The van der Waals surface area contributed by atoms with Gasteiger partial charge in [0.2, 0.25) is 0 Å². The Hall–Kier alpha value is -3.52.